The first-order valence-electron chi connectivity index (χ1n) is 7.89. The molecule has 0 aliphatic heterocycles. The lowest BCUT2D eigenvalue weighted by Crippen LogP contribution is -2.11. The number of hydrogen-bond donors (Lipinski definition) is 2. The molecular weight excluding hydrogens is 360 g/mol. The van der Waals surface area contributed by atoms with Gasteiger partial charge in [-0.1, -0.05) is 36.7 Å². The van der Waals surface area contributed by atoms with Gasteiger partial charge in [0.2, 0.25) is 0 Å². The fourth-order valence-electron chi connectivity index (χ4n) is 2.67. The number of benzene rings is 1. The summed E-state index contributed by atoms with van der Waals surface area (Å²) in [4.78, 5) is 11.8. The van der Waals surface area contributed by atoms with Crippen molar-refractivity contribution in [2.45, 2.75) is 25.6 Å². The standard InChI is InChI=1S/C17H19ClN4O2S/c1-3-13-16(18)21-15(10-25(2,23)24)22-17(13)19-9-12-8-11-6-4-5-7-14(11)20-12/h4-8,20H,3,9-10H2,1-2H3,(H,19,21,22). The highest BCUT2D eigenvalue weighted by atomic mass is 35.5. The second kappa shape index (κ2) is 7.01. The van der Waals surface area contributed by atoms with Gasteiger partial charge in [0.25, 0.3) is 0 Å². The van der Waals surface area contributed by atoms with Gasteiger partial charge in [-0.3, -0.25) is 0 Å². The Bertz CT molecular complexity index is 982. The van der Waals surface area contributed by atoms with Crippen molar-refractivity contribution in [1.82, 2.24) is 15.0 Å². The van der Waals surface area contributed by atoms with Crippen molar-refractivity contribution < 1.29 is 8.42 Å². The summed E-state index contributed by atoms with van der Waals surface area (Å²) in [7, 11) is -3.23. The monoisotopic (exact) mass is 378 g/mol. The molecular formula is C17H19ClN4O2S. The smallest absolute Gasteiger partial charge is 0.154 e. The van der Waals surface area contributed by atoms with Gasteiger partial charge >= 0.3 is 0 Å². The number of H-pyrrole nitrogens is 1. The van der Waals surface area contributed by atoms with Crippen LogP contribution in [0.4, 0.5) is 5.82 Å². The number of aromatic nitrogens is 3. The van der Waals surface area contributed by atoms with Crippen LogP contribution in [-0.2, 0) is 28.6 Å². The number of rotatable bonds is 6. The van der Waals surface area contributed by atoms with Crippen LogP contribution in [-0.4, -0.2) is 29.6 Å². The molecule has 8 heteroatoms. The molecule has 2 N–H and O–H groups in total. The molecule has 0 bridgehead atoms. The molecule has 0 aliphatic carbocycles. The Morgan fingerprint density at radius 1 is 1.24 bits per heavy atom. The molecule has 132 valence electrons. The number of nitrogens with one attached hydrogen (secondary N) is 2. The predicted molar refractivity (Wildman–Crippen MR) is 101 cm³/mol. The van der Waals surface area contributed by atoms with Crippen LogP contribution >= 0.6 is 11.6 Å². The molecule has 3 rings (SSSR count). The first-order chi connectivity index (χ1) is 11.9. The molecule has 0 radical (unpaired) electrons. The highest BCUT2D eigenvalue weighted by Gasteiger charge is 2.15. The zero-order valence-corrected chi connectivity index (χ0v) is 15.6. The van der Waals surface area contributed by atoms with E-state index in [1.807, 2.05) is 31.2 Å². The Labute approximate surface area is 151 Å². The fourth-order valence-corrected chi connectivity index (χ4v) is 3.59. The largest absolute Gasteiger partial charge is 0.364 e. The summed E-state index contributed by atoms with van der Waals surface area (Å²) in [6, 6.07) is 10.1. The third kappa shape index (κ3) is 4.29. The second-order valence-corrected chi connectivity index (χ2v) is 8.42. The molecule has 2 aromatic heterocycles. The number of anilines is 1. The van der Waals surface area contributed by atoms with Crippen LogP contribution in [0, 0.1) is 0 Å². The van der Waals surface area contributed by atoms with Gasteiger partial charge in [-0.25, -0.2) is 18.4 Å². The summed E-state index contributed by atoms with van der Waals surface area (Å²) in [5.74, 6) is 0.529. The number of sulfone groups is 1. The van der Waals surface area contributed by atoms with Crippen molar-refractivity contribution in [3.05, 3.63) is 52.6 Å². The molecule has 2 heterocycles. The zero-order valence-electron chi connectivity index (χ0n) is 14.0. The topological polar surface area (TPSA) is 87.7 Å². The molecule has 0 saturated carbocycles. The van der Waals surface area contributed by atoms with Gasteiger partial charge < -0.3 is 10.3 Å². The maximum Gasteiger partial charge on any atom is 0.154 e. The van der Waals surface area contributed by atoms with E-state index in [2.05, 4.69) is 26.3 Å². The van der Waals surface area contributed by atoms with E-state index in [4.69, 9.17) is 11.6 Å². The molecule has 0 atom stereocenters. The average molecular weight is 379 g/mol. The van der Waals surface area contributed by atoms with E-state index in [9.17, 15) is 8.42 Å². The van der Waals surface area contributed by atoms with Crippen LogP contribution < -0.4 is 5.32 Å². The van der Waals surface area contributed by atoms with Gasteiger partial charge in [0.1, 0.15) is 22.5 Å². The van der Waals surface area contributed by atoms with Crippen molar-refractivity contribution in [2.24, 2.45) is 0 Å². The van der Waals surface area contributed by atoms with E-state index in [0.717, 1.165) is 28.4 Å². The predicted octanol–water partition coefficient (Wildman–Crippen LogP) is 3.33. The van der Waals surface area contributed by atoms with Crippen LogP contribution in [0.2, 0.25) is 5.15 Å². The van der Waals surface area contributed by atoms with Crippen molar-refractivity contribution in [2.75, 3.05) is 11.6 Å². The Morgan fingerprint density at radius 2 is 2.00 bits per heavy atom. The first-order valence-corrected chi connectivity index (χ1v) is 10.3. The number of aromatic amines is 1. The van der Waals surface area contributed by atoms with Gasteiger partial charge in [-0.05, 0) is 23.9 Å². The summed E-state index contributed by atoms with van der Waals surface area (Å²) >= 11 is 6.22. The van der Waals surface area contributed by atoms with Gasteiger partial charge in [0, 0.05) is 23.0 Å². The van der Waals surface area contributed by atoms with Crippen LogP contribution in [0.25, 0.3) is 10.9 Å². The molecule has 6 nitrogen and oxygen atoms in total. The maximum absolute atomic E-state index is 11.5. The first kappa shape index (κ1) is 17.7. The van der Waals surface area contributed by atoms with Crippen LogP contribution in [0.1, 0.15) is 24.0 Å². The van der Waals surface area contributed by atoms with Gasteiger partial charge in [0.15, 0.2) is 9.84 Å². The van der Waals surface area contributed by atoms with Crippen LogP contribution in [0.15, 0.2) is 30.3 Å². The lowest BCUT2D eigenvalue weighted by Gasteiger charge is -2.12. The average Bonchev–Trinajstić information content (AvgIpc) is 2.94. The Kier molecular flexibility index (Phi) is 4.96. The number of nitrogens with zero attached hydrogens (tertiary/aromatic N) is 2. The van der Waals surface area contributed by atoms with Gasteiger partial charge in [0.05, 0.1) is 6.54 Å². The van der Waals surface area contributed by atoms with Crippen molar-refractivity contribution in [1.29, 1.82) is 0 Å². The normalized spacial score (nSPS) is 11.8. The molecule has 0 spiro atoms. The van der Waals surface area contributed by atoms with Crippen LogP contribution in [0.3, 0.4) is 0 Å². The third-order valence-corrected chi connectivity index (χ3v) is 4.88. The molecule has 25 heavy (non-hydrogen) atoms. The highest BCUT2D eigenvalue weighted by molar-refractivity contribution is 7.89. The molecule has 0 saturated heterocycles. The molecule has 1 aromatic carbocycles. The number of fused-ring (bicyclic) bond motifs is 1. The minimum Gasteiger partial charge on any atom is -0.364 e. The Balaban J connectivity index is 1.86. The van der Waals surface area contributed by atoms with Crippen molar-refractivity contribution >= 4 is 38.2 Å². The van der Waals surface area contributed by atoms with E-state index < -0.39 is 9.84 Å². The van der Waals surface area contributed by atoms with E-state index in [1.165, 1.54) is 0 Å². The van der Waals surface area contributed by atoms with Crippen molar-refractivity contribution in [3.63, 3.8) is 0 Å². The molecule has 3 aromatic rings. The van der Waals surface area contributed by atoms with E-state index in [0.29, 0.717) is 18.8 Å². The van der Waals surface area contributed by atoms with Gasteiger partial charge in [-0.2, -0.15) is 0 Å². The van der Waals surface area contributed by atoms with Crippen molar-refractivity contribution in [3.8, 4) is 0 Å². The summed E-state index contributed by atoms with van der Waals surface area (Å²) in [5.41, 5.74) is 2.84. The minimum atomic E-state index is -3.23. The number of halogens is 1. The highest BCUT2D eigenvalue weighted by Crippen LogP contribution is 2.23. The maximum atomic E-state index is 11.5. The molecule has 0 unspecified atom stereocenters. The molecule has 0 fully saturated rings. The van der Waals surface area contributed by atoms with E-state index in [-0.39, 0.29) is 16.7 Å². The lowest BCUT2D eigenvalue weighted by molar-refractivity contribution is 0.599. The number of hydrogen-bond acceptors (Lipinski definition) is 5. The summed E-state index contributed by atoms with van der Waals surface area (Å²) < 4.78 is 23.0. The van der Waals surface area contributed by atoms with Crippen LogP contribution in [0.5, 0.6) is 0 Å². The SMILES string of the molecule is CCc1c(Cl)nc(CS(C)(=O)=O)nc1NCc1cc2ccccc2[nH]1. The molecule has 0 aliphatic rings. The minimum absolute atomic E-state index is 0.198. The Morgan fingerprint density at radius 3 is 2.68 bits per heavy atom. The molecule has 0 amide bonds. The van der Waals surface area contributed by atoms with Gasteiger partial charge in [-0.15, -0.1) is 0 Å². The lowest BCUT2D eigenvalue weighted by atomic mass is 10.2. The zero-order chi connectivity index (χ0) is 18.0. The third-order valence-electron chi connectivity index (χ3n) is 3.78. The summed E-state index contributed by atoms with van der Waals surface area (Å²) in [5, 5.41) is 4.67. The quantitative estimate of drug-likeness (QED) is 0.642. The fraction of sp³-hybridized carbons (Fsp3) is 0.294. The Hall–Kier alpha value is -2.12. The summed E-state index contributed by atoms with van der Waals surface area (Å²) in [6.45, 7) is 2.47. The number of para-hydroxylation sites is 1. The second-order valence-electron chi connectivity index (χ2n) is 5.92. The summed E-state index contributed by atoms with van der Waals surface area (Å²) in [6.07, 6.45) is 1.79. The van der Waals surface area contributed by atoms with E-state index >= 15 is 0 Å². The van der Waals surface area contributed by atoms with E-state index in [1.54, 1.807) is 0 Å².